The Morgan fingerprint density at radius 3 is 2.79 bits per heavy atom. The number of allylic oxidation sites excluding steroid dienone is 1. The lowest BCUT2D eigenvalue weighted by atomic mass is 9.89. The van der Waals surface area contributed by atoms with Gasteiger partial charge in [-0.15, -0.1) is 0 Å². The molecule has 3 rings (SSSR count). The second kappa shape index (κ2) is 9.92. The SMILES string of the molecule is CC=CCOc1cccc(C(=O)N2CCCC(C(=O)c3ccccc3OC)C2)c1. The van der Waals surface area contributed by atoms with Gasteiger partial charge in [-0.05, 0) is 50.1 Å². The molecule has 5 heteroatoms. The van der Waals surface area contributed by atoms with Gasteiger partial charge in [0.2, 0.25) is 0 Å². The molecule has 0 aromatic heterocycles. The van der Waals surface area contributed by atoms with Crippen LogP contribution in [0.1, 0.15) is 40.5 Å². The maximum atomic E-state index is 13.0. The van der Waals surface area contributed by atoms with Crippen molar-refractivity contribution in [1.82, 2.24) is 4.90 Å². The molecular weight excluding hydrogens is 366 g/mol. The molecule has 0 N–H and O–H groups in total. The highest BCUT2D eigenvalue weighted by Gasteiger charge is 2.30. The Bertz CT molecular complexity index is 890. The van der Waals surface area contributed by atoms with Gasteiger partial charge in [-0.1, -0.05) is 30.4 Å². The first-order valence-corrected chi connectivity index (χ1v) is 9.94. The predicted molar refractivity (Wildman–Crippen MR) is 113 cm³/mol. The zero-order valence-corrected chi connectivity index (χ0v) is 17.0. The smallest absolute Gasteiger partial charge is 0.254 e. The molecule has 1 amide bonds. The van der Waals surface area contributed by atoms with Gasteiger partial charge in [0, 0.05) is 24.6 Å². The Balaban J connectivity index is 1.71. The van der Waals surface area contributed by atoms with Crippen LogP contribution in [0.3, 0.4) is 0 Å². The summed E-state index contributed by atoms with van der Waals surface area (Å²) < 4.78 is 11.0. The summed E-state index contributed by atoms with van der Waals surface area (Å²) in [6, 6.07) is 14.5. The van der Waals surface area contributed by atoms with E-state index in [-0.39, 0.29) is 17.6 Å². The fourth-order valence-corrected chi connectivity index (χ4v) is 3.59. The number of carbonyl (C=O) groups excluding carboxylic acids is 2. The van der Waals surface area contributed by atoms with E-state index >= 15 is 0 Å². The molecule has 1 aliphatic rings. The number of hydrogen-bond acceptors (Lipinski definition) is 4. The molecule has 1 heterocycles. The molecule has 1 aliphatic heterocycles. The van der Waals surface area contributed by atoms with Gasteiger partial charge < -0.3 is 14.4 Å². The van der Waals surface area contributed by atoms with Crippen molar-refractivity contribution in [2.24, 2.45) is 5.92 Å². The van der Waals surface area contributed by atoms with E-state index in [0.29, 0.717) is 42.3 Å². The zero-order valence-electron chi connectivity index (χ0n) is 17.0. The maximum Gasteiger partial charge on any atom is 0.254 e. The van der Waals surface area contributed by atoms with Gasteiger partial charge in [0.1, 0.15) is 18.1 Å². The van der Waals surface area contributed by atoms with Crippen LogP contribution in [0.2, 0.25) is 0 Å². The Morgan fingerprint density at radius 2 is 2.00 bits per heavy atom. The molecule has 0 radical (unpaired) electrons. The molecule has 5 nitrogen and oxygen atoms in total. The summed E-state index contributed by atoms with van der Waals surface area (Å²) in [6.07, 6.45) is 5.40. The monoisotopic (exact) mass is 393 g/mol. The van der Waals surface area contributed by atoms with Crippen molar-refractivity contribution >= 4 is 11.7 Å². The predicted octanol–water partition coefficient (Wildman–Crippen LogP) is 4.39. The summed E-state index contributed by atoms with van der Waals surface area (Å²) in [6.45, 7) is 3.47. The molecule has 1 unspecified atom stereocenters. The molecule has 0 aliphatic carbocycles. The molecule has 0 spiro atoms. The van der Waals surface area contributed by atoms with Gasteiger partial charge >= 0.3 is 0 Å². The van der Waals surface area contributed by atoms with Gasteiger partial charge in [-0.25, -0.2) is 0 Å². The third-order valence-corrected chi connectivity index (χ3v) is 5.11. The number of rotatable bonds is 7. The average Bonchev–Trinajstić information content (AvgIpc) is 2.78. The van der Waals surface area contributed by atoms with Crippen LogP contribution in [-0.2, 0) is 0 Å². The Hall–Kier alpha value is -3.08. The van der Waals surface area contributed by atoms with Crippen LogP contribution in [0.5, 0.6) is 11.5 Å². The summed E-state index contributed by atoms with van der Waals surface area (Å²) in [4.78, 5) is 27.8. The molecule has 1 atom stereocenters. The van der Waals surface area contributed by atoms with Gasteiger partial charge in [-0.3, -0.25) is 9.59 Å². The van der Waals surface area contributed by atoms with Crippen molar-refractivity contribution < 1.29 is 19.1 Å². The number of benzene rings is 2. The number of likely N-dealkylation sites (tertiary alicyclic amines) is 1. The van der Waals surface area contributed by atoms with Crippen LogP contribution >= 0.6 is 0 Å². The van der Waals surface area contributed by atoms with Crippen molar-refractivity contribution in [3.05, 3.63) is 71.8 Å². The minimum absolute atomic E-state index is 0.0309. The molecular formula is C24H27NO4. The van der Waals surface area contributed by atoms with Gasteiger partial charge in [0.15, 0.2) is 5.78 Å². The molecule has 29 heavy (non-hydrogen) atoms. The number of ketones is 1. The largest absolute Gasteiger partial charge is 0.496 e. The number of para-hydroxylation sites is 1. The lowest BCUT2D eigenvalue weighted by Gasteiger charge is -2.32. The number of piperidine rings is 1. The van der Waals surface area contributed by atoms with Gasteiger partial charge in [0.05, 0.1) is 12.7 Å². The number of amides is 1. The van der Waals surface area contributed by atoms with Crippen molar-refractivity contribution in [1.29, 1.82) is 0 Å². The zero-order chi connectivity index (χ0) is 20.6. The first-order chi connectivity index (χ1) is 14.1. The van der Waals surface area contributed by atoms with E-state index in [1.807, 2.05) is 43.3 Å². The molecule has 152 valence electrons. The molecule has 2 aromatic carbocycles. The van der Waals surface area contributed by atoms with Crippen LogP contribution in [0.25, 0.3) is 0 Å². The van der Waals surface area contributed by atoms with Gasteiger partial charge in [-0.2, -0.15) is 0 Å². The maximum absolute atomic E-state index is 13.0. The van der Waals surface area contributed by atoms with E-state index in [9.17, 15) is 9.59 Å². The standard InChI is InChI=1S/C24H27NO4/c1-3-4-15-29-20-11-7-9-18(16-20)24(27)25-14-8-10-19(17-25)23(26)21-12-5-6-13-22(21)28-2/h3-7,9,11-13,16,19H,8,10,14-15,17H2,1-2H3. The van der Waals surface area contributed by atoms with E-state index < -0.39 is 0 Å². The molecule has 0 bridgehead atoms. The molecule has 1 fully saturated rings. The van der Waals surface area contributed by atoms with Crippen LogP contribution in [0, 0.1) is 5.92 Å². The highest BCUT2D eigenvalue weighted by atomic mass is 16.5. The molecule has 1 saturated heterocycles. The Morgan fingerprint density at radius 1 is 1.17 bits per heavy atom. The van der Waals surface area contributed by atoms with Gasteiger partial charge in [0.25, 0.3) is 5.91 Å². The number of methoxy groups -OCH3 is 1. The molecule has 2 aromatic rings. The summed E-state index contributed by atoms with van der Waals surface area (Å²) >= 11 is 0. The van der Waals surface area contributed by atoms with E-state index in [1.165, 1.54) is 0 Å². The third-order valence-electron chi connectivity index (χ3n) is 5.11. The fraction of sp³-hybridized carbons (Fsp3) is 0.333. The topological polar surface area (TPSA) is 55.8 Å². The minimum Gasteiger partial charge on any atom is -0.496 e. The quantitative estimate of drug-likeness (QED) is 0.517. The first kappa shape index (κ1) is 20.6. The third kappa shape index (κ3) is 5.05. The van der Waals surface area contributed by atoms with Crippen molar-refractivity contribution in [3.63, 3.8) is 0 Å². The summed E-state index contributed by atoms with van der Waals surface area (Å²) in [5, 5.41) is 0. The van der Waals surface area contributed by atoms with Crippen molar-refractivity contribution in [2.45, 2.75) is 19.8 Å². The van der Waals surface area contributed by atoms with Crippen LogP contribution in [0.15, 0.2) is 60.7 Å². The van der Waals surface area contributed by atoms with Crippen LogP contribution in [0.4, 0.5) is 0 Å². The van der Waals surface area contributed by atoms with Crippen molar-refractivity contribution in [3.8, 4) is 11.5 Å². The lowest BCUT2D eigenvalue weighted by Crippen LogP contribution is -2.42. The first-order valence-electron chi connectivity index (χ1n) is 9.94. The highest BCUT2D eigenvalue weighted by molar-refractivity contribution is 6.01. The average molecular weight is 393 g/mol. The fourth-order valence-electron chi connectivity index (χ4n) is 3.59. The number of hydrogen-bond donors (Lipinski definition) is 0. The number of Topliss-reactive ketones (excluding diaryl/α,β-unsaturated/α-hetero) is 1. The van der Waals surface area contributed by atoms with E-state index in [0.717, 1.165) is 12.8 Å². The number of ether oxygens (including phenoxy) is 2. The normalized spacial score (nSPS) is 16.6. The lowest BCUT2D eigenvalue weighted by molar-refractivity contribution is 0.0636. The Labute approximate surface area is 171 Å². The number of nitrogens with zero attached hydrogens (tertiary/aromatic N) is 1. The van der Waals surface area contributed by atoms with E-state index in [1.54, 1.807) is 36.3 Å². The summed E-state index contributed by atoms with van der Waals surface area (Å²) in [5.74, 6) is 0.972. The summed E-state index contributed by atoms with van der Waals surface area (Å²) in [5.41, 5.74) is 1.15. The second-order valence-electron chi connectivity index (χ2n) is 7.06. The second-order valence-corrected chi connectivity index (χ2v) is 7.06. The van der Waals surface area contributed by atoms with E-state index in [2.05, 4.69) is 0 Å². The highest BCUT2D eigenvalue weighted by Crippen LogP contribution is 2.27. The van der Waals surface area contributed by atoms with Crippen LogP contribution < -0.4 is 9.47 Å². The van der Waals surface area contributed by atoms with Crippen molar-refractivity contribution in [2.75, 3.05) is 26.8 Å². The minimum atomic E-state index is -0.224. The van der Waals surface area contributed by atoms with E-state index in [4.69, 9.17) is 9.47 Å². The molecule has 0 saturated carbocycles. The van der Waals surface area contributed by atoms with Crippen LogP contribution in [-0.4, -0.2) is 43.4 Å². The summed E-state index contributed by atoms with van der Waals surface area (Å²) in [7, 11) is 1.56. The number of carbonyl (C=O) groups is 2. The Kier molecular flexibility index (Phi) is 7.06.